The minimum Gasteiger partial charge on any atom is -0.493 e. The third kappa shape index (κ3) is 4.91. The molecule has 2 aromatic carbocycles. The van der Waals surface area contributed by atoms with Crippen molar-refractivity contribution in [3.05, 3.63) is 90.6 Å². The Morgan fingerprint density at radius 1 is 1.02 bits per heavy atom. The van der Waals surface area contributed by atoms with Gasteiger partial charge >= 0.3 is 11.9 Å². The number of esters is 2. The number of methoxy groups -OCH3 is 1. The summed E-state index contributed by atoms with van der Waals surface area (Å²) in [4.78, 5) is 45.7. The Morgan fingerprint density at radius 3 is 2.34 bits per heavy atom. The Morgan fingerprint density at radius 2 is 1.70 bits per heavy atom. The molecule has 0 saturated heterocycles. The van der Waals surface area contributed by atoms with Gasteiger partial charge in [-0.25, -0.2) is 9.79 Å². The molecule has 0 unspecified atom stereocenters. The lowest BCUT2D eigenvalue weighted by Crippen LogP contribution is -2.51. The maximum atomic E-state index is 13.9. The Labute approximate surface area is 259 Å². The lowest BCUT2D eigenvalue weighted by molar-refractivity contribution is -0.161. The Balaban J connectivity index is 1.22. The van der Waals surface area contributed by atoms with E-state index in [2.05, 4.69) is 4.99 Å². The van der Waals surface area contributed by atoms with E-state index < -0.39 is 12.0 Å². The first kappa shape index (κ1) is 28.8. The second kappa shape index (κ2) is 11.2. The highest BCUT2D eigenvalue weighted by Crippen LogP contribution is 2.60. The van der Waals surface area contributed by atoms with Crippen LogP contribution in [-0.4, -0.2) is 30.2 Å². The zero-order valence-electron chi connectivity index (χ0n) is 25.2. The maximum absolute atomic E-state index is 13.9. The minimum absolute atomic E-state index is 0.135. The lowest BCUT2D eigenvalue weighted by atomic mass is 9.49. The van der Waals surface area contributed by atoms with Crippen molar-refractivity contribution in [2.75, 3.05) is 13.7 Å². The van der Waals surface area contributed by atoms with Gasteiger partial charge in [0.2, 0.25) is 0 Å². The maximum Gasteiger partial charge on any atom is 0.338 e. The van der Waals surface area contributed by atoms with Gasteiger partial charge in [0.05, 0.1) is 41.0 Å². The van der Waals surface area contributed by atoms with Gasteiger partial charge in [-0.15, -0.1) is 0 Å². The molecule has 1 aliphatic heterocycles. The number of nitrogens with zero attached hydrogens (tertiary/aromatic N) is 2. The molecule has 228 valence electrons. The van der Waals surface area contributed by atoms with E-state index in [1.807, 2.05) is 36.4 Å². The normalized spacial score (nSPS) is 27.1. The summed E-state index contributed by atoms with van der Waals surface area (Å²) in [5.74, 6) is 2.14. The van der Waals surface area contributed by atoms with Crippen LogP contribution in [0.1, 0.15) is 69.5 Å². The topological polar surface area (TPSA) is 96.2 Å². The third-order valence-electron chi connectivity index (χ3n) is 9.79. The molecule has 2 heterocycles. The summed E-state index contributed by atoms with van der Waals surface area (Å²) in [6, 6.07) is 14.1. The summed E-state index contributed by atoms with van der Waals surface area (Å²) in [5, 5.41) is 0. The number of carbonyl (C=O) groups excluding carboxylic acids is 2. The Kier molecular flexibility index (Phi) is 7.31. The number of fused-ring (bicyclic) bond motifs is 1. The minimum atomic E-state index is -0.658. The molecule has 0 amide bonds. The van der Waals surface area contributed by atoms with Gasteiger partial charge in [-0.3, -0.25) is 14.2 Å². The Hall–Kier alpha value is -3.98. The molecule has 9 heteroatoms. The van der Waals surface area contributed by atoms with Crippen LogP contribution in [0.15, 0.2) is 69.6 Å². The van der Waals surface area contributed by atoms with Crippen LogP contribution < -0.4 is 24.4 Å². The fourth-order valence-corrected chi connectivity index (χ4v) is 9.37. The molecule has 8 nitrogen and oxygen atoms in total. The first-order valence-corrected chi connectivity index (χ1v) is 16.2. The van der Waals surface area contributed by atoms with Gasteiger partial charge in [-0.2, -0.15) is 0 Å². The zero-order chi connectivity index (χ0) is 30.6. The van der Waals surface area contributed by atoms with Crippen LogP contribution in [0.3, 0.4) is 0 Å². The van der Waals surface area contributed by atoms with Gasteiger partial charge in [0.1, 0.15) is 0 Å². The molecule has 4 bridgehead atoms. The van der Waals surface area contributed by atoms with Crippen LogP contribution in [-0.2, 0) is 14.3 Å². The number of hydrogen-bond donors (Lipinski definition) is 0. The van der Waals surface area contributed by atoms with Crippen LogP contribution in [0.2, 0.25) is 0 Å². The number of carbonyl (C=O) groups is 2. The third-order valence-corrected chi connectivity index (χ3v) is 10.8. The molecule has 4 fully saturated rings. The lowest BCUT2D eigenvalue weighted by Gasteiger charge is -2.55. The first-order chi connectivity index (χ1) is 21.3. The molecular formula is C35H36N2O6S. The van der Waals surface area contributed by atoms with Crippen molar-refractivity contribution in [3.63, 3.8) is 0 Å². The zero-order valence-corrected chi connectivity index (χ0v) is 26.0. The summed E-state index contributed by atoms with van der Waals surface area (Å²) >= 11 is 1.26. The van der Waals surface area contributed by atoms with Crippen molar-refractivity contribution < 1.29 is 23.8 Å². The van der Waals surface area contributed by atoms with Gasteiger partial charge in [-0.1, -0.05) is 47.7 Å². The highest BCUT2D eigenvalue weighted by atomic mass is 32.1. The second-order valence-electron chi connectivity index (χ2n) is 12.7. The van der Waals surface area contributed by atoms with E-state index in [0.717, 1.165) is 30.4 Å². The monoisotopic (exact) mass is 612 g/mol. The number of aromatic nitrogens is 1. The number of thiazole rings is 1. The van der Waals surface area contributed by atoms with E-state index >= 15 is 0 Å². The first-order valence-electron chi connectivity index (χ1n) is 15.4. The molecule has 0 radical (unpaired) electrons. The molecule has 3 aromatic rings. The van der Waals surface area contributed by atoms with Gasteiger partial charge in [-0.05, 0) is 99.5 Å². The highest BCUT2D eigenvalue weighted by molar-refractivity contribution is 7.07. The van der Waals surface area contributed by atoms with Crippen molar-refractivity contribution >= 4 is 29.4 Å². The molecule has 1 atom stereocenters. The SMILES string of the molecule is CCOC(=O)C1=C(C)N=c2s/c(=C\c3ccc(OC(=O)C45CC6CC(CC(C6)C4)C5)c(OC)c3)c(=O)n2[C@@H]1c1ccccc1. The molecule has 0 spiro atoms. The average Bonchev–Trinajstić information content (AvgIpc) is 3.30. The molecule has 0 N–H and O–H groups in total. The fraction of sp³-hybridized carbons (Fsp3) is 0.429. The number of benzene rings is 2. The average molecular weight is 613 g/mol. The van der Waals surface area contributed by atoms with Gasteiger partial charge in [0, 0.05) is 0 Å². The number of rotatable bonds is 7. The van der Waals surface area contributed by atoms with Crippen LogP contribution in [0.4, 0.5) is 0 Å². The van der Waals surface area contributed by atoms with E-state index in [9.17, 15) is 14.4 Å². The quantitative estimate of drug-likeness (QED) is 0.278. The van der Waals surface area contributed by atoms with Gasteiger partial charge in [0.25, 0.3) is 5.56 Å². The second-order valence-corrected chi connectivity index (χ2v) is 13.7. The predicted octanol–water partition coefficient (Wildman–Crippen LogP) is 4.93. The van der Waals surface area contributed by atoms with Crippen LogP contribution >= 0.6 is 11.3 Å². The van der Waals surface area contributed by atoms with Crippen molar-refractivity contribution in [1.29, 1.82) is 0 Å². The molecule has 8 rings (SSSR count). The van der Waals surface area contributed by atoms with E-state index in [4.69, 9.17) is 14.2 Å². The fourth-order valence-electron chi connectivity index (χ4n) is 8.32. The Bertz CT molecular complexity index is 1820. The van der Waals surface area contributed by atoms with Crippen molar-refractivity contribution in [3.8, 4) is 11.5 Å². The standard InChI is InChI=1S/C35H36N2O6S/c1-4-42-32(39)29-20(2)36-34-37(30(29)25-8-6-5-7-9-25)31(38)28(44-34)16-21-10-11-26(27(15-21)41-3)43-33(40)35-17-22-12-23(18-35)14-24(13-22)19-35/h5-11,15-16,22-24,30H,4,12-14,17-19H2,1-3H3/b28-16-/t22?,23?,24?,30-,35?/m1/s1. The van der Waals surface area contributed by atoms with E-state index in [1.165, 1.54) is 30.6 Å². The molecular weight excluding hydrogens is 576 g/mol. The molecule has 44 heavy (non-hydrogen) atoms. The smallest absolute Gasteiger partial charge is 0.338 e. The van der Waals surface area contributed by atoms with E-state index in [1.54, 1.807) is 43.7 Å². The molecule has 1 aromatic heterocycles. The van der Waals surface area contributed by atoms with Crippen LogP contribution in [0.25, 0.3) is 6.08 Å². The number of hydrogen-bond acceptors (Lipinski definition) is 8. The van der Waals surface area contributed by atoms with E-state index in [-0.39, 0.29) is 23.6 Å². The largest absolute Gasteiger partial charge is 0.493 e. The van der Waals surface area contributed by atoms with Crippen LogP contribution in [0.5, 0.6) is 11.5 Å². The number of allylic oxidation sites excluding steroid dienone is 1. The van der Waals surface area contributed by atoms with Crippen LogP contribution in [0, 0.1) is 23.2 Å². The summed E-state index contributed by atoms with van der Waals surface area (Å²) in [5.41, 5.74) is 1.76. The van der Waals surface area contributed by atoms with Crippen molar-refractivity contribution in [1.82, 2.24) is 4.57 Å². The number of ether oxygens (including phenoxy) is 3. The van der Waals surface area contributed by atoms with E-state index in [0.29, 0.717) is 49.9 Å². The summed E-state index contributed by atoms with van der Waals surface area (Å²) < 4.78 is 19.1. The van der Waals surface area contributed by atoms with Gasteiger partial charge < -0.3 is 14.2 Å². The van der Waals surface area contributed by atoms with Crippen molar-refractivity contribution in [2.24, 2.45) is 28.2 Å². The predicted molar refractivity (Wildman–Crippen MR) is 166 cm³/mol. The molecule has 5 aliphatic rings. The summed E-state index contributed by atoms with van der Waals surface area (Å²) in [7, 11) is 1.55. The molecule has 4 aliphatic carbocycles. The summed E-state index contributed by atoms with van der Waals surface area (Å²) in [6.45, 7) is 3.75. The molecule has 4 saturated carbocycles. The van der Waals surface area contributed by atoms with Crippen molar-refractivity contribution in [2.45, 2.75) is 58.4 Å². The van der Waals surface area contributed by atoms with Gasteiger partial charge in [0.15, 0.2) is 16.3 Å². The highest BCUT2D eigenvalue weighted by Gasteiger charge is 2.55. The summed E-state index contributed by atoms with van der Waals surface area (Å²) in [6.07, 6.45) is 8.34.